The van der Waals surface area contributed by atoms with Crippen LogP contribution in [0.4, 0.5) is 0 Å². The minimum Gasteiger partial charge on any atom is -0.455 e. The molecule has 0 aliphatic rings. The minimum atomic E-state index is 0.586. The molecule has 0 saturated carbocycles. The fourth-order valence-electron chi connectivity index (χ4n) is 8.74. The van der Waals surface area contributed by atoms with E-state index in [4.69, 9.17) is 13.8 Å². The first-order valence-electron chi connectivity index (χ1n) is 17.9. The van der Waals surface area contributed by atoms with E-state index in [9.17, 15) is 5.26 Å². The summed E-state index contributed by atoms with van der Waals surface area (Å²) in [5, 5.41) is 19.0. The van der Waals surface area contributed by atoms with Gasteiger partial charge in [0.05, 0.1) is 56.4 Å². The van der Waals surface area contributed by atoms with Gasteiger partial charge in [-0.25, -0.2) is 4.98 Å². The number of benzene rings is 7. The van der Waals surface area contributed by atoms with Gasteiger partial charge in [0.2, 0.25) is 0 Å². The van der Waals surface area contributed by atoms with Gasteiger partial charge in [-0.15, -0.1) is 0 Å². The minimum absolute atomic E-state index is 0.586. The number of aromatic nitrogens is 3. The highest BCUT2D eigenvalue weighted by molar-refractivity contribution is 6.25. The molecule has 12 aromatic rings. The second-order valence-electron chi connectivity index (χ2n) is 13.8. The maximum Gasteiger partial charge on any atom is 0.145 e. The highest BCUT2D eigenvalue weighted by Crippen LogP contribution is 2.44. The van der Waals surface area contributed by atoms with Crippen molar-refractivity contribution in [2.75, 3.05) is 0 Å². The van der Waals surface area contributed by atoms with Crippen molar-refractivity contribution < 1.29 is 8.83 Å². The summed E-state index contributed by atoms with van der Waals surface area (Å²) >= 11 is 0. The SMILES string of the molecule is N#Cc1ccccc1-c1cc(-n2c3ccccc3c3c4oc5ccccc5c4ccc32)ncc1-n1c2ccccc2c2c3oc4ccccc4c3ccc21. The predicted octanol–water partition coefficient (Wildman–Crippen LogP) is 12.6. The van der Waals surface area contributed by atoms with Gasteiger partial charge in [-0.2, -0.15) is 5.26 Å². The molecule has 7 aromatic carbocycles. The molecule has 0 aliphatic heterocycles. The summed E-state index contributed by atoms with van der Waals surface area (Å²) in [6.45, 7) is 0. The average Bonchev–Trinajstić information content (AvgIpc) is 3.98. The van der Waals surface area contributed by atoms with Crippen molar-refractivity contribution in [1.82, 2.24) is 14.1 Å². The van der Waals surface area contributed by atoms with Crippen molar-refractivity contribution in [2.45, 2.75) is 0 Å². The largest absolute Gasteiger partial charge is 0.455 e. The normalized spacial score (nSPS) is 12.1. The van der Waals surface area contributed by atoms with Crippen LogP contribution in [0, 0.1) is 11.3 Å². The van der Waals surface area contributed by atoms with Crippen LogP contribution < -0.4 is 0 Å². The Morgan fingerprint density at radius 2 is 0.981 bits per heavy atom. The lowest BCUT2D eigenvalue weighted by Gasteiger charge is -2.17. The molecule has 6 nitrogen and oxygen atoms in total. The van der Waals surface area contributed by atoms with E-state index in [0.29, 0.717) is 5.56 Å². The summed E-state index contributed by atoms with van der Waals surface area (Å²) in [7, 11) is 0. The van der Waals surface area contributed by atoms with Crippen LogP contribution in [0.25, 0.3) is 110 Å². The zero-order chi connectivity index (χ0) is 35.5. The fourth-order valence-corrected chi connectivity index (χ4v) is 8.74. The molecule has 0 spiro atoms. The van der Waals surface area contributed by atoms with Crippen LogP contribution in [-0.2, 0) is 0 Å². The summed E-state index contributed by atoms with van der Waals surface area (Å²) in [6, 6.07) is 54.3. The van der Waals surface area contributed by atoms with Crippen molar-refractivity contribution in [3.05, 3.63) is 163 Å². The van der Waals surface area contributed by atoms with Gasteiger partial charge in [0.25, 0.3) is 0 Å². The number of nitrogens with zero attached hydrogens (tertiary/aromatic N) is 4. The van der Waals surface area contributed by atoms with Crippen LogP contribution in [0.15, 0.2) is 167 Å². The van der Waals surface area contributed by atoms with Crippen molar-refractivity contribution >= 4 is 87.5 Å². The summed E-state index contributed by atoms with van der Waals surface area (Å²) in [5.74, 6) is 0.739. The molecule has 250 valence electrons. The maximum absolute atomic E-state index is 10.4. The molecule has 0 aliphatic carbocycles. The summed E-state index contributed by atoms with van der Waals surface area (Å²) in [6.07, 6.45) is 1.95. The van der Waals surface area contributed by atoms with Crippen LogP contribution in [-0.4, -0.2) is 14.1 Å². The third-order valence-corrected chi connectivity index (χ3v) is 11.0. The number of hydrogen-bond donors (Lipinski definition) is 0. The highest BCUT2D eigenvalue weighted by atomic mass is 16.3. The quantitative estimate of drug-likeness (QED) is 0.185. The Balaban J connectivity index is 1.19. The molecular weight excluding hydrogens is 665 g/mol. The number of hydrogen-bond acceptors (Lipinski definition) is 4. The molecule has 12 rings (SSSR count). The third kappa shape index (κ3) is 3.79. The van der Waals surface area contributed by atoms with Gasteiger partial charge in [-0.05, 0) is 60.7 Å². The third-order valence-electron chi connectivity index (χ3n) is 11.0. The molecule has 0 fully saturated rings. The van der Waals surface area contributed by atoms with Gasteiger partial charge in [0.1, 0.15) is 28.1 Å². The molecule has 5 aromatic heterocycles. The first kappa shape index (κ1) is 29.0. The lowest BCUT2D eigenvalue weighted by atomic mass is 9.99. The molecule has 5 heterocycles. The molecule has 6 heteroatoms. The molecule has 0 radical (unpaired) electrons. The van der Waals surface area contributed by atoms with E-state index >= 15 is 0 Å². The van der Waals surface area contributed by atoms with Gasteiger partial charge >= 0.3 is 0 Å². The van der Waals surface area contributed by atoms with Gasteiger partial charge < -0.3 is 13.4 Å². The first-order chi connectivity index (χ1) is 26.8. The van der Waals surface area contributed by atoms with Crippen molar-refractivity contribution in [1.29, 1.82) is 5.26 Å². The van der Waals surface area contributed by atoms with Crippen molar-refractivity contribution in [3.63, 3.8) is 0 Å². The zero-order valence-corrected chi connectivity index (χ0v) is 28.6. The Morgan fingerprint density at radius 1 is 0.463 bits per heavy atom. The number of furan rings is 2. The first-order valence-corrected chi connectivity index (χ1v) is 17.9. The maximum atomic E-state index is 10.4. The van der Waals surface area contributed by atoms with Crippen LogP contribution in [0.2, 0.25) is 0 Å². The number of para-hydroxylation sites is 4. The summed E-state index contributed by atoms with van der Waals surface area (Å²) in [5.41, 5.74) is 10.6. The monoisotopic (exact) mass is 690 g/mol. The second-order valence-corrected chi connectivity index (χ2v) is 13.8. The topological polar surface area (TPSA) is 72.8 Å². The van der Waals surface area contributed by atoms with Crippen LogP contribution >= 0.6 is 0 Å². The molecule has 0 amide bonds. The number of nitriles is 1. The number of fused-ring (bicyclic) bond motifs is 14. The average molecular weight is 691 g/mol. The zero-order valence-electron chi connectivity index (χ0n) is 28.6. The van der Waals surface area contributed by atoms with E-state index in [-0.39, 0.29) is 0 Å². The van der Waals surface area contributed by atoms with Crippen LogP contribution in [0.5, 0.6) is 0 Å². The van der Waals surface area contributed by atoms with Gasteiger partial charge in [-0.1, -0.05) is 91.0 Å². The predicted molar refractivity (Wildman–Crippen MR) is 218 cm³/mol. The molecular formula is C48H26N4O2. The van der Waals surface area contributed by atoms with Crippen LogP contribution in [0.1, 0.15) is 5.56 Å². The van der Waals surface area contributed by atoms with E-state index in [1.807, 2.05) is 66.9 Å². The van der Waals surface area contributed by atoms with Gasteiger partial charge in [0, 0.05) is 43.4 Å². The highest BCUT2D eigenvalue weighted by Gasteiger charge is 2.24. The molecule has 0 N–H and O–H groups in total. The van der Waals surface area contributed by atoms with Crippen molar-refractivity contribution in [3.8, 4) is 28.7 Å². The Bertz CT molecular complexity index is 3590. The van der Waals surface area contributed by atoms with E-state index in [1.54, 1.807) is 0 Å². The summed E-state index contributed by atoms with van der Waals surface area (Å²) in [4.78, 5) is 5.26. The Kier molecular flexibility index (Phi) is 5.75. The molecule has 54 heavy (non-hydrogen) atoms. The number of pyridine rings is 1. The Labute approximate surface area is 306 Å². The van der Waals surface area contributed by atoms with E-state index in [2.05, 4.69) is 106 Å². The van der Waals surface area contributed by atoms with E-state index < -0.39 is 0 Å². The smallest absolute Gasteiger partial charge is 0.145 e. The lowest BCUT2D eigenvalue weighted by molar-refractivity contribution is 0.672. The lowest BCUT2D eigenvalue weighted by Crippen LogP contribution is -2.04. The van der Waals surface area contributed by atoms with E-state index in [0.717, 1.165) is 110 Å². The van der Waals surface area contributed by atoms with Crippen LogP contribution in [0.3, 0.4) is 0 Å². The standard InChI is InChI=1S/C48H26N4O2/c49-26-28-11-1-2-12-29(28)36-25-44(52-38-18-8-4-16-35(38)46-40(52)24-22-33-31-14-6-10-20-43(31)54-48(33)46)50-27-41(36)51-37-17-7-3-15-34(37)45-39(51)23-21-32-30-13-5-9-19-42(30)53-47(32)45/h1-25,27H. The molecule has 0 atom stereocenters. The van der Waals surface area contributed by atoms with Gasteiger partial charge in [-0.3, -0.25) is 4.57 Å². The summed E-state index contributed by atoms with van der Waals surface area (Å²) < 4.78 is 17.6. The molecule has 0 saturated heterocycles. The van der Waals surface area contributed by atoms with E-state index in [1.165, 1.54) is 0 Å². The Hall–Kier alpha value is -7.62. The number of rotatable bonds is 3. The van der Waals surface area contributed by atoms with Gasteiger partial charge in [0.15, 0.2) is 0 Å². The van der Waals surface area contributed by atoms with Crippen molar-refractivity contribution in [2.24, 2.45) is 0 Å². The second kappa shape index (κ2) is 10.7. The fraction of sp³-hybridized carbons (Fsp3) is 0. The molecule has 0 bridgehead atoms. The Morgan fingerprint density at radius 3 is 1.61 bits per heavy atom. The molecule has 0 unspecified atom stereocenters.